The minimum Gasteiger partial charge on any atom is -0.457 e. The molecule has 8 aromatic rings. The van der Waals surface area contributed by atoms with Crippen LogP contribution in [0.4, 0.5) is 22.9 Å². The number of benzene rings is 5. The third-order valence-electron chi connectivity index (χ3n) is 12.4. The molecule has 0 bridgehead atoms. The molecule has 1 aliphatic heterocycles. The van der Waals surface area contributed by atoms with Crippen LogP contribution in [-0.2, 0) is 16.2 Å². The van der Waals surface area contributed by atoms with E-state index in [2.05, 4.69) is 207 Å². The number of aryl methyl sites for hydroxylation is 3. The molecular formula is C56H59N5O. The van der Waals surface area contributed by atoms with Crippen molar-refractivity contribution in [2.75, 3.05) is 16.5 Å². The number of pyridine rings is 2. The van der Waals surface area contributed by atoms with Crippen molar-refractivity contribution in [1.29, 1.82) is 0 Å². The van der Waals surface area contributed by atoms with Gasteiger partial charge in [0.15, 0.2) is 5.82 Å². The van der Waals surface area contributed by atoms with E-state index in [1.54, 1.807) is 0 Å². The summed E-state index contributed by atoms with van der Waals surface area (Å²) in [6.07, 6.45) is 3.82. The Hall–Kier alpha value is -6.40. The van der Waals surface area contributed by atoms with E-state index in [0.29, 0.717) is 6.67 Å². The van der Waals surface area contributed by atoms with E-state index >= 15 is 0 Å². The average molecular weight is 818 g/mol. The Morgan fingerprint density at radius 1 is 0.548 bits per heavy atom. The second-order valence-electron chi connectivity index (χ2n) is 20.3. The molecule has 1 aliphatic rings. The lowest BCUT2D eigenvalue weighted by Gasteiger charge is -2.36. The Morgan fingerprint density at radius 2 is 1.23 bits per heavy atom. The summed E-state index contributed by atoms with van der Waals surface area (Å²) in [6, 6.07) is 41.5. The fraction of sp³-hybridized carbons (Fsp3) is 0.286. The molecule has 62 heavy (non-hydrogen) atoms. The van der Waals surface area contributed by atoms with Crippen LogP contribution in [0.25, 0.3) is 38.8 Å². The van der Waals surface area contributed by atoms with Gasteiger partial charge in [0.2, 0.25) is 0 Å². The van der Waals surface area contributed by atoms with E-state index in [0.717, 1.165) is 50.9 Å². The summed E-state index contributed by atoms with van der Waals surface area (Å²) in [5.74, 6) is 3.34. The van der Waals surface area contributed by atoms with Crippen LogP contribution in [0.3, 0.4) is 0 Å². The van der Waals surface area contributed by atoms with Crippen LogP contribution in [0.5, 0.6) is 11.5 Å². The van der Waals surface area contributed by atoms with Gasteiger partial charge in [0.25, 0.3) is 0 Å². The van der Waals surface area contributed by atoms with Crippen LogP contribution >= 0.6 is 0 Å². The lowest BCUT2D eigenvalue weighted by molar-refractivity contribution is 0.483. The number of nitrogens with zero attached hydrogens (tertiary/aromatic N) is 5. The van der Waals surface area contributed by atoms with Gasteiger partial charge in [-0.1, -0.05) is 104 Å². The number of hydrogen-bond acceptors (Lipinski definition) is 5. The molecule has 5 aromatic carbocycles. The Labute approximate surface area is 367 Å². The molecule has 0 fully saturated rings. The predicted octanol–water partition coefficient (Wildman–Crippen LogP) is 15.1. The number of hydrogen-bond donors (Lipinski definition) is 0. The van der Waals surface area contributed by atoms with Crippen molar-refractivity contribution >= 4 is 44.7 Å². The van der Waals surface area contributed by atoms with E-state index in [4.69, 9.17) is 14.7 Å². The van der Waals surface area contributed by atoms with Crippen molar-refractivity contribution in [3.05, 3.63) is 161 Å². The van der Waals surface area contributed by atoms with Crippen LogP contribution in [-0.4, -0.2) is 21.2 Å². The van der Waals surface area contributed by atoms with Crippen LogP contribution in [0, 0.1) is 20.8 Å². The number of ether oxygens (including phenoxy) is 1. The molecule has 0 N–H and O–H groups in total. The molecule has 4 heterocycles. The average Bonchev–Trinajstić information content (AvgIpc) is 3.75. The monoisotopic (exact) mass is 817 g/mol. The molecule has 6 nitrogen and oxygen atoms in total. The van der Waals surface area contributed by atoms with Crippen molar-refractivity contribution in [2.45, 2.75) is 99.3 Å². The maximum atomic E-state index is 6.77. The van der Waals surface area contributed by atoms with E-state index < -0.39 is 0 Å². The Kier molecular flexibility index (Phi) is 9.85. The largest absolute Gasteiger partial charge is 0.457 e. The first-order chi connectivity index (χ1) is 29.4. The lowest BCUT2D eigenvalue weighted by atomic mass is 9.76. The van der Waals surface area contributed by atoms with Gasteiger partial charge in [0, 0.05) is 41.0 Å². The highest BCUT2D eigenvalue weighted by Crippen LogP contribution is 2.51. The van der Waals surface area contributed by atoms with Gasteiger partial charge >= 0.3 is 0 Å². The van der Waals surface area contributed by atoms with E-state index in [-0.39, 0.29) is 16.2 Å². The summed E-state index contributed by atoms with van der Waals surface area (Å²) >= 11 is 0. The zero-order valence-electron chi connectivity index (χ0n) is 38.5. The van der Waals surface area contributed by atoms with E-state index in [1.807, 2.05) is 18.5 Å². The van der Waals surface area contributed by atoms with Crippen LogP contribution in [0.15, 0.2) is 128 Å². The second-order valence-corrected chi connectivity index (χ2v) is 20.3. The standard InChI is InChI=1S/C56H59N5O/c1-35-27-36(2)51(37(3)28-35)38-29-45(55(7,8)9)52(46(30-38)56(10,11)12)60-34-59(53-48(60)21-16-25-58-53)40-17-15-18-41(32-40)62-42-22-23-44-43-19-13-14-20-47(43)61(49(44)33-42)50-31-39(24-26-57-50)54(4,5)6/h13-33H,34H2,1-12H3. The first kappa shape index (κ1) is 41.0. The van der Waals surface area contributed by atoms with Gasteiger partial charge in [0.1, 0.15) is 24.0 Å². The molecule has 3 aromatic heterocycles. The lowest BCUT2D eigenvalue weighted by Crippen LogP contribution is -2.30. The predicted molar refractivity (Wildman–Crippen MR) is 261 cm³/mol. The molecule has 0 saturated heterocycles. The van der Waals surface area contributed by atoms with Crippen LogP contribution in [0.2, 0.25) is 0 Å². The third kappa shape index (κ3) is 7.29. The number of anilines is 4. The Bertz CT molecular complexity index is 2970. The maximum absolute atomic E-state index is 6.77. The quantitative estimate of drug-likeness (QED) is 0.167. The van der Waals surface area contributed by atoms with Gasteiger partial charge in [-0.3, -0.25) is 4.57 Å². The number of para-hydroxylation sites is 1. The number of fused-ring (bicyclic) bond motifs is 4. The van der Waals surface area contributed by atoms with E-state index in [1.165, 1.54) is 55.6 Å². The molecule has 314 valence electrons. The molecule has 0 atom stereocenters. The Morgan fingerprint density at radius 3 is 1.92 bits per heavy atom. The topological polar surface area (TPSA) is 46.4 Å². The first-order valence-corrected chi connectivity index (χ1v) is 21.9. The number of aromatic nitrogens is 3. The molecule has 9 rings (SSSR count). The molecule has 0 unspecified atom stereocenters. The van der Waals surface area contributed by atoms with Crippen LogP contribution in [0.1, 0.15) is 95.7 Å². The summed E-state index contributed by atoms with van der Waals surface area (Å²) in [4.78, 5) is 14.7. The SMILES string of the molecule is Cc1cc(C)c(-c2cc(C(C)(C)C)c(N3CN(c4cccc(Oc5ccc6c7ccccc7n(-c7cc(C(C)(C)C)ccn7)c6c5)c4)c4ncccc43)c(C(C)(C)C)c2)c(C)c1. The smallest absolute Gasteiger partial charge is 0.158 e. The maximum Gasteiger partial charge on any atom is 0.158 e. The van der Waals surface area contributed by atoms with Crippen LogP contribution < -0.4 is 14.5 Å². The van der Waals surface area contributed by atoms with Gasteiger partial charge < -0.3 is 14.5 Å². The van der Waals surface area contributed by atoms with Gasteiger partial charge in [-0.25, -0.2) is 9.97 Å². The molecule has 0 spiro atoms. The fourth-order valence-corrected chi connectivity index (χ4v) is 9.45. The summed E-state index contributed by atoms with van der Waals surface area (Å²) in [7, 11) is 0. The highest BCUT2D eigenvalue weighted by molar-refractivity contribution is 6.09. The molecule has 0 amide bonds. The minimum absolute atomic E-state index is 0.00732. The second kappa shape index (κ2) is 14.9. The summed E-state index contributed by atoms with van der Waals surface area (Å²) in [6.45, 7) is 28.0. The Balaban J connectivity index is 1.11. The van der Waals surface area contributed by atoms with Crippen molar-refractivity contribution in [3.8, 4) is 28.4 Å². The van der Waals surface area contributed by atoms with Crippen molar-refractivity contribution < 1.29 is 4.74 Å². The molecule has 0 radical (unpaired) electrons. The highest BCUT2D eigenvalue weighted by Gasteiger charge is 2.37. The zero-order valence-corrected chi connectivity index (χ0v) is 38.5. The van der Waals surface area contributed by atoms with Gasteiger partial charge in [-0.2, -0.15) is 0 Å². The molecule has 0 saturated carbocycles. The third-order valence-corrected chi connectivity index (χ3v) is 12.4. The van der Waals surface area contributed by atoms with Gasteiger partial charge in [-0.05, 0) is 143 Å². The van der Waals surface area contributed by atoms with Crippen molar-refractivity contribution in [1.82, 2.24) is 14.5 Å². The molecule has 6 heteroatoms. The minimum atomic E-state index is -0.139. The van der Waals surface area contributed by atoms with Gasteiger partial charge in [-0.15, -0.1) is 0 Å². The zero-order chi connectivity index (χ0) is 43.9. The van der Waals surface area contributed by atoms with Crippen molar-refractivity contribution in [2.24, 2.45) is 0 Å². The molecular weight excluding hydrogens is 759 g/mol. The number of rotatable bonds is 6. The summed E-state index contributed by atoms with van der Waals surface area (Å²) < 4.78 is 9.03. The van der Waals surface area contributed by atoms with E-state index in [9.17, 15) is 0 Å². The normalized spacial score (nSPS) is 13.4. The first-order valence-electron chi connectivity index (χ1n) is 21.9. The summed E-state index contributed by atoms with van der Waals surface area (Å²) in [5, 5.41) is 2.34. The highest BCUT2D eigenvalue weighted by atomic mass is 16.5. The fourth-order valence-electron chi connectivity index (χ4n) is 9.45. The van der Waals surface area contributed by atoms with Gasteiger partial charge in [0.05, 0.1) is 22.4 Å². The summed E-state index contributed by atoms with van der Waals surface area (Å²) in [5.41, 5.74) is 15.6. The van der Waals surface area contributed by atoms with Crippen molar-refractivity contribution in [3.63, 3.8) is 0 Å². The molecule has 0 aliphatic carbocycles.